The summed E-state index contributed by atoms with van der Waals surface area (Å²) in [7, 11) is 2.20. The topological polar surface area (TPSA) is 30.9 Å². The van der Waals surface area contributed by atoms with Crippen LogP contribution in [-0.2, 0) is 0 Å². The van der Waals surface area contributed by atoms with Gasteiger partial charge in [-0.05, 0) is 59.2 Å². The van der Waals surface area contributed by atoms with E-state index in [-0.39, 0.29) is 24.0 Å². The van der Waals surface area contributed by atoms with Gasteiger partial charge in [-0.1, -0.05) is 30.3 Å². The van der Waals surface area contributed by atoms with Gasteiger partial charge in [0.05, 0.1) is 0 Å². The van der Waals surface area contributed by atoms with Gasteiger partial charge in [0.15, 0.2) is 5.96 Å². The van der Waals surface area contributed by atoms with E-state index in [1.54, 1.807) is 0 Å². The van der Waals surface area contributed by atoms with Gasteiger partial charge >= 0.3 is 0 Å². The molecule has 1 N–H and O–H groups in total. The zero-order valence-electron chi connectivity index (χ0n) is 16.9. The first-order valence-corrected chi connectivity index (χ1v) is 9.90. The summed E-state index contributed by atoms with van der Waals surface area (Å²) in [4.78, 5) is 9.71. The number of nitrogens with zero attached hydrogens (tertiary/aromatic N) is 3. The Kier molecular flexibility index (Phi) is 11.2. The number of halogens is 1. The summed E-state index contributed by atoms with van der Waals surface area (Å²) in [5, 5.41) is 3.48. The van der Waals surface area contributed by atoms with Crippen LogP contribution in [0.5, 0.6) is 0 Å². The summed E-state index contributed by atoms with van der Waals surface area (Å²) in [5.74, 6) is 1.72. The molecule has 4 nitrogen and oxygen atoms in total. The minimum absolute atomic E-state index is 0. The second-order valence-electron chi connectivity index (χ2n) is 7.36. The lowest BCUT2D eigenvalue weighted by atomic mass is 9.99. The molecule has 0 aromatic heterocycles. The van der Waals surface area contributed by atoms with Gasteiger partial charge in [-0.3, -0.25) is 4.99 Å². The van der Waals surface area contributed by atoms with Crippen molar-refractivity contribution in [2.45, 2.75) is 52.0 Å². The molecule has 5 heteroatoms. The highest BCUT2D eigenvalue weighted by molar-refractivity contribution is 14.0. The SMILES string of the molecule is CCNC(=NCCCCN(C)C(C)C)N1CCC(c2ccccc2)C1.I. The van der Waals surface area contributed by atoms with Crippen LogP contribution < -0.4 is 5.32 Å². The Bertz CT molecular complexity index is 518. The van der Waals surface area contributed by atoms with Gasteiger partial charge in [-0.2, -0.15) is 0 Å². The van der Waals surface area contributed by atoms with Crippen molar-refractivity contribution < 1.29 is 0 Å². The second-order valence-corrected chi connectivity index (χ2v) is 7.36. The van der Waals surface area contributed by atoms with Crippen molar-refractivity contribution in [3.8, 4) is 0 Å². The van der Waals surface area contributed by atoms with Crippen LogP contribution in [0.4, 0.5) is 0 Å². The highest BCUT2D eigenvalue weighted by atomic mass is 127. The molecule has 1 saturated heterocycles. The molecule has 1 aliphatic rings. The van der Waals surface area contributed by atoms with E-state index in [9.17, 15) is 0 Å². The normalized spacial score (nSPS) is 17.7. The van der Waals surface area contributed by atoms with Crippen molar-refractivity contribution in [1.82, 2.24) is 15.1 Å². The first-order chi connectivity index (χ1) is 12.1. The van der Waals surface area contributed by atoms with E-state index < -0.39 is 0 Å². The summed E-state index contributed by atoms with van der Waals surface area (Å²) in [6.07, 6.45) is 3.58. The Hall–Kier alpha value is -0.820. The minimum atomic E-state index is 0. The smallest absolute Gasteiger partial charge is 0.193 e. The molecule has 1 heterocycles. The van der Waals surface area contributed by atoms with Crippen LogP contribution in [-0.4, -0.2) is 61.6 Å². The van der Waals surface area contributed by atoms with Crippen molar-refractivity contribution in [3.05, 3.63) is 35.9 Å². The third-order valence-corrected chi connectivity index (χ3v) is 5.16. The van der Waals surface area contributed by atoms with Crippen LogP contribution in [0.3, 0.4) is 0 Å². The minimum Gasteiger partial charge on any atom is -0.357 e. The summed E-state index contributed by atoms with van der Waals surface area (Å²) in [6.45, 7) is 11.8. The Labute approximate surface area is 177 Å². The molecule has 1 aromatic rings. The van der Waals surface area contributed by atoms with Crippen molar-refractivity contribution in [2.75, 3.05) is 39.8 Å². The highest BCUT2D eigenvalue weighted by Gasteiger charge is 2.25. The maximum atomic E-state index is 4.88. The van der Waals surface area contributed by atoms with Gasteiger partial charge in [0, 0.05) is 38.1 Å². The number of aliphatic imine (C=N–C) groups is 1. The predicted molar refractivity (Wildman–Crippen MR) is 124 cm³/mol. The molecule has 148 valence electrons. The van der Waals surface area contributed by atoms with Crippen molar-refractivity contribution in [3.63, 3.8) is 0 Å². The second kappa shape index (κ2) is 12.5. The fraction of sp³-hybridized carbons (Fsp3) is 0.667. The molecule has 1 fully saturated rings. The molecular weight excluding hydrogens is 435 g/mol. The molecule has 0 saturated carbocycles. The molecule has 26 heavy (non-hydrogen) atoms. The number of hydrogen-bond acceptors (Lipinski definition) is 2. The molecule has 0 aliphatic carbocycles. The van der Waals surface area contributed by atoms with Gasteiger partial charge in [0.1, 0.15) is 0 Å². The van der Waals surface area contributed by atoms with E-state index in [4.69, 9.17) is 4.99 Å². The van der Waals surface area contributed by atoms with E-state index >= 15 is 0 Å². The van der Waals surface area contributed by atoms with Crippen molar-refractivity contribution >= 4 is 29.9 Å². The Morgan fingerprint density at radius 3 is 2.65 bits per heavy atom. The van der Waals surface area contributed by atoms with Crippen LogP contribution in [0.15, 0.2) is 35.3 Å². The average molecular weight is 472 g/mol. The average Bonchev–Trinajstić information content (AvgIpc) is 3.11. The number of rotatable bonds is 8. The lowest BCUT2D eigenvalue weighted by Gasteiger charge is -2.22. The standard InChI is InChI=1S/C21H36N4.HI/c1-5-22-21(23-14-9-10-15-24(4)18(2)3)25-16-13-20(17-25)19-11-7-6-8-12-19;/h6-8,11-12,18,20H,5,9-10,13-17H2,1-4H3,(H,22,23);1H. The van der Waals surface area contributed by atoms with Crippen LogP contribution in [0.25, 0.3) is 0 Å². The van der Waals surface area contributed by atoms with Crippen LogP contribution in [0.2, 0.25) is 0 Å². The molecule has 0 amide bonds. The molecule has 1 aromatic carbocycles. The van der Waals surface area contributed by atoms with Crippen molar-refractivity contribution in [1.29, 1.82) is 0 Å². The van der Waals surface area contributed by atoms with Gasteiger partial charge in [0.2, 0.25) is 0 Å². The summed E-state index contributed by atoms with van der Waals surface area (Å²) < 4.78 is 0. The molecular formula is C21H37IN4. The fourth-order valence-corrected chi connectivity index (χ4v) is 3.29. The highest BCUT2D eigenvalue weighted by Crippen LogP contribution is 2.26. The Morgan fingerprint density at radius 1 is 1.27 bits per heavy atom. The molecule has 0 spiro atoms. The number of guanidine groups is 1. The van der Waals surface area contributed by atoms with Crippen LogP contribution in [0.1, 0.15) is 51.5 Å². The lowest BCUT2D eigenvalue weighted by Crippen LogP contribution is -2.40. The summed E-state index contributed by atoms with van der Waals surface area (Å²) in [5.41, 5.74) is 1.46. The summed E-state index contributed by atoms with van der Waals surface area (Å²) in [6, 6.07) is 11.5. The maximum absolute atomic E-state index is 4.88. The van der Waals surface area contributed by atoms with E-state index in [0.29, 0.717) is 12.0 Å². The zero-order chi connectivity index (χ0) is 18.1. The molecule has 1 aliphatic heterocycles. The predicted octanol–water partition coefficient (Wildman–Crippen LogP) is 4.18. The first kappa shape index (κ1) is 23.2. The quantitative estimate of drug-likeness (QED) is 0.267. The van der Waals surface area contributed by atoms with Crippen LogP contribution >= 0.6 is 24.0 Å². The van der Waals surface area contributed by atoms with Crippen molar-refractivity contribution in [2.24, 2.45) is 4.99 Å². The fourth-order valence-electron chi connectivity index (χ4n) is 3.29. The van der Waals surface area contributed by atoms with E-state index in [2.05, 4.69) is 73.3 Å². The lowest BCUT2D eigenvalue weighted by molar-refractivity contribution is 0.269. The molecule has 2 rings (SSSR count). The Morgan fingerprint density at radius 2 is 2.00 bits per heavy atom. The zero-order valence-corrected chi connectivity index (χ0v) is 19.3. The van der Waals surface area contributed by atoms with Gasteiger partial charge in [-0.15, -0.1) is 24.0 Å². The molecule has 1 unspecified atom stereocenters. The maximum Gasteiger partial charge on any atom is 0.193 e. The monoisotopic (exact) mass is 472 g/mol. The van der Waals surface area contributed by atoms with E-state index in [0.717, 1.165) is 45.1 Å². The number of hydrogen-bond donors (Lipinski definition) is 1. The third kappa shape index (κ3) is 7.43. The van der Waals surface area contributed by atoms with E-state index in [1.165, 1.54) is 18.4 Å². The van der Waals surface area contributed by atoms with Gasteiger partial charge < -0.3 is 15.1 Å². The molecule has 0 radical (unpaired) electrons. The number of unbranched alkanes of at least 4 members (excludes halogenated alkanes) is 1. The van der Waals surface area contributed by atoms with Gasteiger partial charge in [-0.25, -0.2) is 0 Å². The van der Waals surface area contributed by atoms with E-state index in [1.807, 2.05) is 0 Å². The largest absolute Gasteiger partial charge is 0.357 e. The number of benzene rings is 1. The first-order valence-electron chi connectivity index (χ1n) is 9.90. The third-order valence-electron chi connectivity index (χ3n) is 5.16. The van der Waals surface area contributed by atoms with Gasteiger partial charge in [0.25, 0.3) is 0 Å². The van der Waals surface area contributed by atoms with Crippen LogP contribution in [0, 0.1) is 0 Å². The Balaban J connectivity index is 0.00000338. The number of nitrogens with one attached hydrogen (secondary N) is 1. The summed E-state index contributed by atoms with van der Waals surface area (Å²) >= 11 is 0. The molecule has 0 bridgehead atoms. The number of likely N-dealkylation sites (tertiary alicyclic amines) is 1. The molecule has 1 atom stereocenters.